The van der Waals surface area contributed by atoms with Crippen LogP contribution in [0.15, 0.2) is 30.3 Å². The molecule has 1 unspecified atom stereocenters. The molecular formula is C17H29N3O2S. The number of hydrogen-bond acceptors (Lipinski definition) is 3. The molecule has 6 heteroatoms. The summed E-state index contributed by atoms with van der Waals surface area (Å²) in [5.41, 5.74) is 1.17. The Labute approximate surface area is 140 Å². The molecule has 5 nitrogen and oxygen atoms in total. The molecule has 0 bridgehead atoms. The molecule has 1 aliphatic heterocycles. The second kappa shape index (κ2) is 8.78. The summed E-state index contributed by atoms with van der Waals surface area (Å²) in [6, 6.07) is 10.3. The lowest BCUT2D eigenvalue weighted by atomic mass is 9.96. The Morgan fingerprint density at radius 2 is 1.83 bits per heavy atom. The predicted molar refractivity (Wildman–Crippen MR) is 94.4 cm³/mol. The van der Waals surface area contributed by atoms with Crippen molar-refractivity contribution in [3.63, 3.8) is 0 Å². The van der Waals surface area contributed by atoms with Crippen LogP contribution in [0.3, 0.4) is 0 Å². The molecule has 1 aromatic carbocycles. The molecule has 1 fully saturated rings. The third kappa shape index (κ3) is 5.88. The normalized spacial score (nSPS) is 18.9. The molecule has 1 atom stereocenters. The molecule has 0 radical (unpaired) electrons. The number of nitrogens with zero attached hydrogens (tertiary/aromatic N) is 1. The van der Waals surface area contributed by atoms with Crippen LogP contribution in [-0.4, -0.2) is 39.5 Å². The third-order valence-electron chi connectivity index (χ3n) is 4.45. The SMILES string of the molecule is CCCNS(=O)(=O)NCC(c1ccccc1)N1CCC(C)CC1. The Bertz CT molecular complexity index is 554. The van der Waals surface area contributed by atoms with Crippen molar-refractivity contribution in [2.75, 3.05) is 26.2 Å². The van der Waals surface area contributed by atoms with E-state index >= 15 is 0 Å². The minimum atomic E-state index is -3.42. The summed E-state index contributed by atoms with van der Waals surface area (Å²) in [7, 11) is -3.42. The molecule has 0 aromatic heterocycles. The van der Waals surface area contributed by atoms with Crippen LogP contribution in [0, 0.1) is 5.92 Å². The Morgan fingerprint density at radius 1 is 1.17 bits per heavy atom. The Hall–Kier alpha value is -0.950. The lowest BCUT2D eigenvalue weighted by Gasteiger charge is -2.37. The number of rotatable bonds is 8. The van der Waals surface area contributed by atoms with E-state index in [1.807, 2.05) is 25.1 Å². The molecule has 0 saturated carbocycles. The van der Waals surface area contributed by atoms with E-state index in [-0.39, 0.29) is 6.04 Å². The molecule has 0 spiro atoms. The summed E-state index contributed by atoms with van der Waals surface area (Å²) < 4.78 is 29.3. The fourth-order valence-electron chi connectivity index (χ4n) is 2.95. The van der Waals surface area contributed by atoms with Crippen molar-refractivity contribution in [2.24, 2.45) is 5.92 Å². The standard InChI is InChI=1S/C17H29N3O2S/c1-3-11-18-23(21,22)19-14-17(16-7-5-4-6-8-16)20-12-9-15(2)10-13-20/h4-8,15,17-19H,3,9-14H2,1-2H3. The van der Waals surface area contributed by atoms with Gasteiger partial charge in [-0.2, -0.15) is 8.42 Å². The minimum Gasteiger partial charge on any atom is -0.295 e. The van der Waals surface area contributed by atoms with Crippen molar-refractivity contribution < 1.29 is 8.42 Å². The molecule has 130 valence electrons. The highest BCUT2D eigenvalue weighted by molar-refractivity contribution is 7.87. The first-order valence-electron chi connectivity index (χ1n) is 8.55. The Kier molecular flexibility index (Phi) is 7.02. The van der Waals surface area contributed by atoms with Gasteiger partial charge in [-0.25, -0.2) is 9.44 Å². The van der Waals surface area contributed by atoms with Crippen molar-refractivity contribution in [1.29, 1.82) is 0 Å². The zero-order valence-corrected chi connectivity index (χ0v) is 15.0. The summed E-state index contributed by atoms with van der Waals surface area (Å²) in [6.45, 7) is 7.14. The van der Waals surface area contributed by atoms with Crippen LogP contribution >= 0.6 is 0 Å². The van der Waals surface area contributed by atoms with Gasteiger partial charge in [-0.1, -0.05) is 44.2 Å². The van der Waals surface area contributed by atoms with Crippen molar-refractivity contribution in [2.45, 2.75) is 39.2 Å². The van der Waals surface area contributed by atoms with Crippen molar-refractivity contribution in [3.05, 3.63) is 35.9 Å². The fraction of sp³-hybridized carbons (Fsp3) is 0.647. The number of likely N-dealkylation sites (tertiary alicyclic amines) is 1. The van der Waals surface area contributed by atoms with Gasteiger partial charge in [-0.05, 0) is 43.8 Å². The first-order valence-corrected chi connectivity index (χ1v) is 10.0. The van der Waals surface area contributed by atoms with Gasteiger partial charge in [-0.15, -0.1) is 0 Å². The maximum absolute atomic E-state index is 12.0. The van der Waals surface area contributed by atoms with Crippen LogP contribution in [0.1, 0.15) is 44.7 Å². The van der Waals surface area contributed by atoms with Crippen LogP contribution in [0.5, 0.6) is 0 Å². The molecule has 0 aliphatic carbocycles. The second-order valence-electron chi connectivity index (χ2n) is 6.39. The van der Waals surface area contributed by atoms with Gasteiger partial charge in [0.2, 0.25) is 0 Å². The van der Waals surface area contributed by atoms with E-state index in [4.69, 9.17) is 0 Å². The maximum atomic E-state index is 12.0. The molecule has 1 saturated heterocycles. The monoisotopic (exact) mass is 339 g/mol. The topological polar surface area (TPSA) is 61.4 Å². The average molecular weight is 340 g/mol. The lowest BCUT2D eigenvalue weighted by Crippen LogP contribution is -2.44. The van der Waals surface area contributed by atoms with Gasteiger partial charge in [0.15, 0.2) is 0 Å². The highest BCUT2D eigenvalue weighted by Gasteiger charge is 2.25. The highest BCUT2D eigenvalue weighted by Crippen LogP contribution is 2.26. The van der Waals surface area contributed by atoms with Crippen LogP contribution < -0.4 is 9.44 Å². The van der Waals surface area contributed by atoms with Crippen molar-refractivity contribution >= 4 is 10.2 Å². The molecular weight excluding hydrogens is 310 g/mol. The van der Waals surface area contributed by atoms with E-state index in [2.05, 4.69) is 33.4 Å². The average Bonchev–Trinajstić information content (AvgIpc) is 2.56. The molecule has 2 N–H and O–H groups in total. The third-order valence-corrected chi connectivity index (χ3v) is 5.58. The summed E-state index contributed by atoms with van der Waals surface area (Å²) in [4.78, 5) is 2.40. The summed E-state index contributed by atoms with van der Waals surface area (Å²) >= 11 is 0. The van der Waals surface area contributed by atoms with Crippen LogP contribution in [0.2, 0.25) is 0 Å². The largest absolute Gasteiger partial charge is 0.295 e. The van der Waals surface area contributed by atoms with Crippen molar-refractivity contribution in [3.8, 4) is 0 Å². The molecule has 1 aromatic rings. The quantitative estimate of drug-likeness (QED) is 0.764. The summed E-state index contributed by atoms with van der Waals surface area (Å²) in [6.07, 6.45) is 3.13. The zero-order valence-electron chi connectivity index (χ0n) is 14.2. The van der Waals surface area contributed by atoms with Gasteiger partial charge in [0.1, 0.15) is 0 Å². The minimum absolute atomic E-state index is 0.0851. The van der Waals surface area contributed by atoms with Crippen molar-refractivity contribution in [1.82, 2.24) is 14.3 Å². The predicted octanol–water partition coefficient (Wildman–Crippen LogP) is 2.29. The van der Waals surface area contributed by atoms with E-state index in [9.17, 15) is 8.42 Å². The van der Waals surface area contributed by atoms with Crippen LogP contribution in [0.25, 0.3) is 0 Å². The second-order valence-corrected chi connectivity index (χ2v) is 7.98. The fourth-order valence-corrected chi connectivity index (χ4v) is 3.90. The molecule has 2 rings (SSSR count). The molecule has 1 heterocycles. The van der Waals surface area contributed by atoms with Gasteiger partial charge >= 0.3 is 0 Å². The Morgan fingerprint density at radius 3 is 2.43 bits per heavy atom. The summed E-state index contributed by atoms with van der Waals surface area (Å²) in [5.74, 6) is 0.755. The highest BCUT2D eigenvalue weighted by atomic mass is 32.2. The zero-order chi connectivity index (χ0) is 16.7. The smallest absolute Gasteiger partial charge is 0.276 e. The molecule has 0 amide bonds. The van der Waals surface area contributed by atoms with Crippen LogP contribution in [0.4, 0.5) is 0 Å². The number of hydrogen-bond donors (Lipinski definition) is 2. The Balaban J connectivity index is 2.05. The first kappa shape index (κ1) is 18.4. The van der Waals surface area contributed by atoms with E-state index in [0.29, 0.717) is 13.1 Å². The van der Waals surface area contributed by atoms with Gasteiger partial charge in [0, 0.05) is 19.1 Å². The summed E-state index contributed by atoms with van der Waals surface area (Å²) in [5, 5.41) is 0. The van der Waals surface area contributed by atoms with Gasteiger partial charge in [0.05, 0.1) is 0 Å². The van der Waals surface area contributed by atoms with E-state index in [0.717, 1.165) is 25.4 Å². The van der Waals surface area contributed by atoms with Crippen LogP contribution in [-0.2, 0) is 10.2 Å². The number of nitrogens with one attached hydrogen (secondary N) is 2. The van der Waals surface area contributed by atoms with Gasteiger partial charge < -0.3 is 0 Å². The molecule has 23 heavy (non-hydrogen) atoms. The van der Waals surface area contributed by atoms with E-state index < -0.39 is 10.2 Å². The first-order chi connectivity index (χ1) is 11.0. The van der Waals surface area contributed by atoms with Gasteiger partial charge in [-0.3, -0.25) is 4.90 Å². The molecule has 1 aliphatic rings. The number of benzene rings is 1. The maximum Gasteiger partial charge on any atom is 0.276 e. The number of piperidine rings is 1. The lowest BCUT2D eigenvalue weighted by molar-refractivity contribution is 0.139. The van der Waals surface area contributed by atoms with E-state index in [1.165, 1.54) is 18.4 Å². The van der Waals surface area contributed by atoms with E-state index in [1.54, 1.807) is 0 Å². The van der Waals surface area contributed by atoms with Gasteiger partial charge in [0.25, 0.3) is 10.2 Å².